The summed E-state index contributed by atoms with van der Waals surface area (Å²) in [7, 11) is 0. The maximum atomic E-state index is 10.1. The van der Waals surface area contributed by atoms with Gasteiger partial charge in [0.25, 0.3) is 0 Å². The molecule has 2 heteroatoms. The van der Waals surface area contributed by atoms with Crippen molar-refractivity contribution in [3.8, 4) is 5.75 Å². The third-order valence-corrected chi connectivity index (χ3v) is 5.11. The second kappa shape index (κ2) is 15.3. The quantitative estimate of drug-likeness (QED) is 0.308. The third kappa shape index (κ3) is 12.0. The van der Waals surface area contributed by atoms with E-state index in [-0.39, 0.29) is 5.75 Å². The van der Waals surface area contributed by atoms with E-state index in [0.29, 0.717) is 0 Å². The average Bonchev–Trinajstić information content (AvgIpc) is 2.62. The summed E-state index contributed by atoms with van der Waals surface area (Å²) in [5.74, 6) is 0.257. The fraction of sp³-hybridized carbons (Fsp3) is 0.739. The van der Waals surface area contributed by atoms with Crippen LogP contribution in [0.2, 0.25) is 0 Å². The van der Waals surface area contributed by atoms with Crippen LogP contribution in [0.15, 0.2) is 24.3 Å². The van der Waals surface area contributed by atoms with Gasteiger partial charge in [-0.1, -0.05) is 109 Å². The van der Waals surface area contributed by atoms with Crippen molar-refractivity contribution in [2.45, 2.75) is 109 Å². The van der Waals surface area contributed by atoms with Gasteiger partial charge in [-0.25, -0.2) is 0 Å². The van der Waals surface area contributed by atoms with E-state index >= 15 is 0 Å². The highest BCUT2D eigenvalue weighted by Crippen LogP contribution is 2.22. The molecule has 2 N–H and O–H groups in total. The summed E-state index contributed by atoms with van der Waals surface area (Å²) in [5, 5.41) is 19.4. The van der Waals surface area contributed by atoms with Gasteiger partial charge >= 0.3 is 0 Å². The molecule has 0 radical (unpaired) electrons. The molecule has 0 aliphatic carbocycles. The zero-order valence-corrected chi connectivity index (χ0v) is 16.4. The van der Waals surface area contributed by atoms with Crippen LogP contribution in [0, 0.1) is 0 Å². The molecule has 25 heavy (non-hydrogen) atoms. The van der Waals surface area contributed by atoms with E-state index in [1.54, 1.807) is 12.1 Å². The first-order chi connectivity index (χ1) is 12.2. The number of aromatic hydroxyl groups is 1. The van der Waals surface area contributed by atoms with Gasteiger partial charge in [0.1, 0.15) is 5.75 Å². The van der Waals surface area contributed by atoms with E-state index in [9.17, 15) is 10.2 Å². The van der Waals surface area contributed by atoms with Gasteiger partial charge in [0, 0.05) is 0 Å². The van der Waals surface area contributed by atoms with Crippen LogP contribution < -0.4 is 0 Å². The van der Waals surface area contributed by atoms with Crippen LogP contribution in [0.25, 0.3) is 0 Å². The van der Waals surface area contributed by atoms with Crippen molar-refractivity contribution < 1.29 is 10.2 Å². The molecule has 1 unspecified atom stereocenters. The zero-order chi connectivity index (χ0) is 18.2. The molecule has 1 aromatic rings. The number of aliphatic hydroxyl groups is 1. The molecule has 1 atom stereocenters. The number of hydrogen-bond donors (Lipinski definition) is 2. The van der Waals surface area contributed by atoms with Gasteiger partial charge in [-0.15, -0.1) is 0 Å². The Balaban J connectivity index is 1.83. The summed E-state index contributed by atoms with van der Waals surface area (Å²) >= 11 is 0. The van der Waals surface area contributed by atoms with E-state index < -0.39 is 6.10 Å². The lowest BCUT2D eigenvalue weighted by atomic mass is 10.0. The molecule has 0 saturated carbocycles. The second-order valence-electron chi connectivity index (χ2n) is 7.49. The molecule has 144 valence electrons. The minimum Gasteiger partial charge on any atom is -0.508 e. The summed E-state index contributed by atoms with van der Waals surface area (Å²) in [4.78, 5) is 0. The maximum absolute atomic E-state index is 10.1. The fourth-order valence-corrected chi connectivity index (χ4v) is 3.40. The van der Waals surface area contributed by atoms with E-state index in [4.69, 9.17) is 0 Å². The molecule has 0 aliphatic rings. The molecule has 1 rings (SSSR count). The van der Waals surface area contributed by atoms with Crippen molar-refractivity contribution in [2.75, 3.05) is 0 Å². The van der Waals surface area contributed by atoms with Crippen molar-refractivity contribution in [3.63, 3.8) is 0 Å². The molecule has 0 bridgehead atoms. The summed E-state index contributed by atoms with van der Waals surface area (Å²) in [6, 6.07) is 6.90. The number of unbranched alkanes of at least 4 members (excludes halogenated alkanes) is 13. The van der Waals surface area contributed by atoms with E-state index in [0.717, 1.165) is 18.4 Å². The largest absolute Gasteiger partial charge is 0.508 e. The maximum Gasteiger partial charge on any atom is 0.115 e. The molecule has 0 saturated heterocycles. The summed E-state index contributed by atoms with van der Waals surface area (Å²) in [6.07, 6.45) is 19.4. The first-order valence-corrected chi connectivity index (χ1v) is 10.7. The normalized spacial score (nSPS) is 12.4. The SMILES string of the molecule is CCCCCCCCCCCCCCCCC(O)c1ccc(O)cc1. The van der Waals surface area contributed by atoms with Gasteiger partial charge in [-0.05, 0) is 24.1 Å². The highest BCUT2D eigenvalue weighted by Gasteiger charge is 2.06. The number of phenols is 1. The average molecular weight is 349 g/mol. The molecular weight excluding hydrogens is 308 g/mol. The van der Waals surface area contributed by atoms with Crippen LogP contribution in [0.5, 0.6) is 5.75 Å². The summed E-state index contributed by atoms with van der Waals surface area (Å²) < 4.78 is 0. The highest BCUT2D eigenvalue weighted by atomic mass is 16.3. The van der Waals surface area contributed by atoms with Crippen LogP contribution in [-0.4, -0.2) is 10.2 Å². The number of hydrogen-bond acceptors (Lipinski definition) is 2. The lowest BCUT2D eigenvalue weighted by molar-refractivity contribution is 0.163. The molecule has 0 fully saturated rings. The van der Waals surface area contributed by atoms with Gasteiger partial charge in [0.15, 0.2) is 0 Å². The smallest absolute Gasteiger partial charge is 0.115 e. The van der Waals surface area contributed by atoms with Crippen LogP contribution >= 0.6 is 0 Å². The van der Waals surface area contributed by atoms with Crippen LogP contribution in [0.4, 0.5) is 0 Å². The first-order valence-electron chi connectivity index (χ1n) is 10.7. The Morgan fingerprint density at radius 2 is 1.04 bits per heavy atom. The number of aliphatic hydroxyl groups excluding tert-OH is 1. The molecular formula is C23H40O2. The molecule has 0 heterocycles. The topological polar surface area (TPSA) is 40.5 Å². The Bertz CT molecular complexity index is 399. The van der Waals surface area contributed by atoms with Crippen LogP contribution in [0.3, 0.4) is 0 Å². The Hall–Kier alpha value is -1.02. The molecule has 2 nitrogen and oxygen atoms in total. The van der Waals surface area contributed by atoms with Gasteiger partial charge in [-0.3, -0.25) is 0 Å². The lowest BCUT2D eigenvalue weighted by Gasteiger charge is -2.10. The fourth-order valence-electron chi connectivity index (χ4n) is 3.40. The highest BCUT2D eigenvalue weighted by molar-refractivity contribution is 5.27. The van der Waals surface area contributed by atoms with Crippen LogP contribution in [-0.2, 0) is 0 Å². The van der Waals surface area contributed by atoms with Crippen molar-refractivity contribution in [3.05, 3.63) is 29.8 Å². The minimum absolute atomic E-state index is 0.257. The van der Waals surface area contributed by atoms with E-state index in [1.807, 2.05) is 12.1 Å². The van der Waals surface area contributed by atoms with Gasteiger partial charge in [0.05, 0.1) is 6.10 Å². The Morgan fingerprint density at radius 1 is 0.640 bits per heavy atom. The van der Waals surface area contributed by atoms with Gasteiger partial charge < -0.3 is 10.2 Å². The Morgan fingerprint density at radius 3 is 1.48 bits per heavy atom. The molecule has 0 spiro atoms. The Labute approximate surface area is 155 Å². The summed E-state index contributed by atoms with van der Waals surface area (Å²) in [5.41, 5.74) is 0.910. The molecule has 0 amide bonds. The van der Waals surface area contributed by atoms with Crippen molar-refractivity contribution >= 4 is 0 Å². The molecule has 0 aromatic heterocycles. The zero-order valence-electron chi connectivity index (χ0n) is 16.4. The molecule has 0 aliphatic heterocycles. The third-order valence-electron chi connectivity index (χ3n) is 5.11. The first kappa shape index (κ1) is 22.0. The number of benzene rings is 1. The monoisotopic (exact) mass is 348 g/mol. The van der Waals surface area contributed by atoms with Crippen molar-refractivity contribution in [1.29, 1.82) is 0 Å². The van der Waals surface area contributed by atoms with E-state index in [2.05, 4.69) is 6.92 Å². The standard InChI is InChI=1S/C23H40O2/c1-2-3-4-5-6-7-8-9-10-11-12-13-14-15-16-23(25)21-17-19-22(24)20-18-21/h17-20,23-25H,2-16H2,1H3. The second-order valence-corrected chi connectivity index (χ2v) is 7.49. The summed E-state index contributed by atoms with van der Waals surface area (Å²) in [6.45, 7) is 2.28. The van der Waals surface area contributed by atoms with Crippen molar-refractivity contribution in [2.24, 2.45) is 0 Å². The van der Waals surface area contributed by atoms with E-state index in [1.165, 1.54) is 83.5 Å². The lowest BCUT2D eigenvalue weighted by Crippen LogP contribution is -1.96. The predicted octanol–water partition coefficient (Wildman–Crippen LogP) is 7.30. The number of rotatable bonds is 16. The predicted molar refractivity (Wildman–Crippen MR) is 108 cm³/mol. The minimum atomic E-state index is -0.391. The molecule has 1 aromatic carbocycles. The Kier molecular flexibility index (Phi) is 13.4. The van der Waals surface area contributed by atoms with Gasteiger partial charge in [0.2, 0.25) is 0 Å². The number of phenolic OH excluding ortho intramolecular Hbond substituents is 1. The van der Waals surface area contributed by atoms with Crippen molar-refractivity contribution in [1.82, 2.24) is 0 Å². The van der Waals surface area contributed by atoms with Gasteiger partial charge in [-0.2, -0.15) is 0 Å². The van der Waals surface area contributed by atoms with Crippen LogP contribution in [0.1, 0.15) is 115 Å².